The van der Waals surface area contributed by atoms with Crippen molar-refractivity contribution in [3.63, 3.8) is 0 Å². The molecule has 1 amide bonds. The van der Waals surface area contributed by atoms with Crippen molar-refractivity contribution in [2.75, 3.05) is 12.4 Å². The van der Waals surface area contributed by atoms with E-state index in [9.17, 15) is 4.79 Å². The maximum absolute atomic E-state index is 11.1. The number of imidazole rings is 1. The van der Waals surface area contributed by atoms with Crippen LogP contribution in [0.5, 0.6) is 0 Å². The second kappa shape index (κ2) is 4.48. The number of nitrogens with zero attached hydrogens (tertiary/aromatic N) is 1. The molecule has 0 fully saturated rings. The van der Waals surface area contributed by atoms with E-state index in [-0.39, 0.29) is 0 Å². The molecule has 1 aromatic heterocycles. The average Bonchev–Trinajstić information content (AvgIpc) is 2.83. The minimum atomic E-state index is -0.501. The van der Waals surface area contributed by atoms with E-state index in [0.717, 1.165) is 5.56 Å². The van der Waals surface area contributed by atoms with Gasteiger partial charge in [0.25, 0.3) is 0 Å². The third kappa shape index (κ3) is 2.03. The average molecular weight is 217 g/mol. The molecule has 1 heterocycles. The highest BCUT2D eigenvalue weighted by Crippen LogP contribution is 2.24. The van der Waals surface area contributed by atoms with Crippen molar-refractivity contribution >= 4 is 11.8 Å². The molecule has 1 aromatic carbocycles. The third-order valence-electron chi connectivity index (χ3n) is 2.10. The predicted molar refractivity (Wildman–Crippen MR) is 60.1 cm³/mol. The van der Waals surface area contributed by atoms with E-state index in [1.54, 1.807) is 18.5 Å². The fourth-order valence-corrected chi connectivity index (χ4v) is 1.37. The lowest BCUT2D eigenvalue weighted by Crippen LogP contribution is -2.11. The summed E-state index contributed by atoms with van der Waals surface area (Å²) in [4.78, 5) is 18.3. The van der Waals surface area contributed by atoms with Crippen molar-refractivity contribution in [2.45, 2.75) is 0 Å². The second-order valence-corrected chi connectivity index (χ2v) is 3.10. The Bertz CT molecular complexity index is 480. The Balaban J connectivity index is 2.35. The molecular weight excluding hydrogens is 206 g/mol. The number of hydrogen-bond acceptors (Lipinski definition) is 3. The molecule has 0 unspecified atom stereocenters. The van der Waals surface area contributed by atoms with Crippen LogP contribution in [0.25, 0.3) is 11.4 Å². The van der Waals surface area contributed by atoms with E-state index in [2.05, 4.69) is 20.0 Å². The normalized spacial score (nSPS) is 9.81. The van der Waals surface area contributed by atoms with Crippen molar-refractivity contribution < 1.29 is 9.53 Å². The molecule has 0 aliphatic carbocycles. The maximum atomic E-state index is 11.1. The van der Waals surface area contributed by atoms with Gasteiger partial charge in [0, 0.05) is 18.0 Å². The summed E-state index contributed by atoms with van der Waals surface area (Å²) in [5.74, 6) is 0.701. The van der Waals surface area contributed by atoms with Crippen molar-refractivity contribution in [1.82, 2.24) is 9.97 Å². The summed E-state index contributed by atoms with van der Waals surface area (Å²) in [5, 5.41) is 2.63. The molecule has 16 heavy (non-hydrogen) atoms. The van der Waals surface area contributed by atoms with Crippen LogP contribution in [0.3, 0.4) is 0 Å². The predicted octanol–water partition coefficient (Wildman–Crippen LogP) is 2.25. The van der Waals surface area contributed by atoms with Gasteiger partial charge >= 0.3 is 6.09 Å². The number of benzene rings is 1. The van der Waals surface area contributed by atoms with Crippen LogP contribution in [0.15, 0.2) is 36.7 Å². The molecule has 0 radical (unpaired) electrons. The van der Waals surface area contributed by atoms with E-state index < -0.39 is 6.09 Å². The van der Waals surface area contributed by atoms with Gasteiger partial charge < -0.3 is 9.72 Å². The SMILES string of the molecule is COC(=O)Nc1ccccc1-c1ncc[nH]1. The molecule has 2 N–H and O–H groups in total. The topological polar surface area (TPSA) is 67.0 Å². The highest BCUT2D eigenvalue weighted by Gasteiger charge is 2.08. The van der Waals surface area contributed by atoms with Crippen LogP contribution in [0.2, 0.25) is 0 Å². The van der Waals surface area contributed by atoms with Crippen LogP contribution >= 0.6 is 0 Å². The molecular formula is C11H11N3O2. The lowest BCUT2D eigenvalue weighted by Gasteiger charge is -2.07. The van der Waals surface area contributed by atoms with Crippen LogP contribution in [-0.4, -0.2) is 23.2 Å². The number of aromatic amines is 1. The van der Waals surface area contributed by atoms with Gasteiger partial charge in [0.1, 0.15) is 5.82 Å². The van der Waals surface area contributed by atoms with Gasteiger partial charge in [-0.2, -0.15) is 0 Å². The summed E-state index contributed by atoms with van der Waals surface area (Å²) < 4.78 is 4.55. The minimum absolute atomic E-state index is 0.501. The van der Waals surface area contributed by atoms with Crippen molar-refractivity contribution in [1.29, 1.82) is 0 Å². The van der Waals surface area contributed by atoms with Crippen LogP contribution in [0.1, 0.15) is 0 Å². The molecule has 5 heteroatoms. The number of anilines is 1. The number of methoxy groups -OCH3 is 1. The van der Waals surface area contributed by atoms with Gasteiger partial charge in [-0.05, 0) is 12.1 Å². The highest BCUT2D eigenvalue weighted by atomic mass is 16.5. The summed E-state index contributed by atoms with van der Waals surface area (Å²) in [6.45, 7) is 0. The lowest BCUT2D eigenvalue weighted by molar-refractivity contribution is 0.187. The quantitative estimate of drug-likeness (QED) is 0.810. The Morgan fingerprint density at radius 1 is 1.44 bits per heavy atom. The zero-order chi connectivity index (χ0) is 11.4. The molecule has 0 bridgehead atoms. The van der Waals surface area contributed by atoms with Crippen LogP contribution in [0, 0.1) is 0 Å². The van der Waals surface area contributed by atoms with Gasteiger partial charge in [0.15, 0.2) is 0 Å². The summed E-state index contributed by atoms with van der Waals surface area (Å²) in [7, 11) is 1.32. The molecule has 2 rings (SSSR count). The second-order valence-electron chi connectivity index (χ2n) is 3.10. The number of para-hydroxylation sites is 1. The summed E-state index contributed by atoms with van der Waals surface area (Å²) >= 11 is 0. The zero-order valence-corrected chi connectivity index (χ0v) is 8.73. The number of H-pyrrole nitrogens is 1. The van der Waals surface area contributed by atoms with Crippen molar-refractivity contribution in [3.8, 4) is 11.4 Å². The van der Waals surface area contributed by atoms with E-state index >= 15 is 0 Å². The fraction of sp³-hybridized carbons (Fsp3) is 0.0909. The summed E-state index contributed by atoms with van der Waals surface area (Å²) in [6.07, 6.45) is 2.88. The standard InChI is InChI=1S/C11H11N3O2/c1-16-11(15)14-9-5-3-2-4-8(9)10-12-6-7-13-10/h2-7H,1H3,(H,12,13)(H,14,15). The fourth-order valence-electron chi connectivity index (χ4n) is 1.37. The molecule has 0 atom stereocenters. The first-order valence-electron chi connectivity index (χ1n) is 4.75. The van der Waals surface area contributed by atoms with E-state index in [4.69, 9.17) is 0 Å². The monoisotopic (exact) mass is 217 g/mol. The summed E-state index contributed by atoms with van der Waals surface area (Å²) in [6, 6.07) is 7.36. The number of carbonyl (C=O) groups is 1. The van der Waals surface area contributed by atoms with E-state index in [1.807, 2.05) is 18.2 Å². The van der Waals surface area contributed by atoms with Gasteiger partial charge in [0.2, 0.25) is 0 Å². The Kier molecular flexibility index (Phi) is 2.86. The molecule has 0 spiro atoms. The number of amides is 1. The molecule has 0 aliphatic heterocycles. The first-order chi connectivity index (χ1) is 7.81. The Morgan fingerprint density at radius 2 is 2.25 bits per heavy atom. The van der Waals surface area contributed by atoms with E-state index in [1.165, 1.54) is 7.11 Å². The Morgan fingerprint density at radius 3 is 2.94 bits per heavy atom. The smallest absolute Gasteiger partial charge is 0.411 e. The van der Waals surface area contributed by atoms with Crippen LogP contribution in [0.4, 0.5) is 10.5 Å². The number of rotatable bonds is 2. The zero-order valence-electron chi connectivity index (χ0n) is 8.73. The molecule has 0 aliphatic rings. The van der Waals surface area contributed by atoms with Crippen molar-refractivity contribution in [3.05, 3.63) is 36.7 Å². The number of carbonyl (C=O) groups excluding carboxylic acids is 1. The molecule has 82 valence electrons. The van der Waals surface area contributed by atoms with Crippen LogP contribution in [-0.2, 0) is 4.74 Å². The third-order valence-corrected chi connectivity index (χ3v) is 2.10. The molecule has 0 saturated carbocycles. The number of hydrogen-bond donors (Lipinski definition) is 2. The number of ether oxygens (including phenoxy) is 1. The van der Waals surface area contributed by atoms with Crippen LogP contribution < -0.4 is 5.32 Å². The van der Waals surface area contributed by atoms with Gasteiger partial charge in [-0.15, -0.1) is 0 Å². The molecule has 5 nitrogen and oxygen atoms in total. The Labute approximate surface area is 92.5 Å². The molecule has 0 saturated heterocycles. The lowest BCUT2D eigenvalue weighted by atomic mass is 10.1. The van der Waals surface area contributed by atoms with E-state index in [0.29, 0.717) is 11.5 Å². The van der Waals surface area contributed by atoms with Gasteiger partial charge in [-0.1, -0.05) is 12.1 Å². The maximum Gasteiger partial charge on any atom is 0.411 e. The minimum Gasteiger partial charge on any atom is -0.453 e. The number of aromatic nitrogens is 2. The first-order valence-corrected chi connectivity index (χ1v) is 4.75. The first kappa shape index (κ1) is 10.2. The number of nitrogens with one attached hydrogen (secondary N) is 2. The van der Waals surface area contributed by atoms with Gasteiger partial charge in [0.05, 0.1) is 12.8 Å². The van der Waals surface area contributed by atoms with Gasteiger partial charge in [-0.3, -0.25) is 5.32 Å². The summed E-state index contributed by atoms with van der Waals surface area (Å²) in [5.41, 5.74) is 1.47. The van der Waals surface area contributed by atoms with Gasteiger partial charge in [-0.25, -0.2) is 9.78 Å². The van der Waals surface area contributed by atoms with Crippen molar-refractivity contribution in [2.24, 2.45) is 0 Å². The highest BCUT2D eigenvalue weighted by molar-refractivity contribution is 5.90. The molecule has 2 aromatic rings. The largest absolute Gasteiger partial charge is 0.453 e. The Hall–Kier alpha value is -2.30.